The maximum absolute atomic E-state index is 12.3. The number of carbonyl (C=O) groups excluding carboxylic acids is 2. The molecule has 0 radical (unpaired) electrons. The van der Waals surface area contributed by atoms with Crippen LogP contribution in [0.15, 0.2) is 36.5 Å². The van der Waals surface area contributed by atoms with E-state index >= 15 is 0 Å². The molecule has 0 aromatic heterocycles. The predicted molar refractivity (Wildman–Crippen MR) is 321 cm³/mol. The molecule has 73 heavy (non-hydrogen) atoms. The van der Waals surface area contributed by atoms with Crippen molar-refractivity contribution in [2.24, 2.45) is 0 Å². The summed E-state index contributed by atoms with van der Waals surface area (Å²) in [6, 6.07) is 0. The van der Waals surface area contributed by atoms with Gasteiger partial charge in [-0.1, -0.05) is 320 Å². The Morgan fingerprint density at radius 1 is 0.315 bits per heavy atom. The molecule has 5 heteroatoms. The Bertz CT molecular complexity index is 1160. The van der Waals surface area contributed by atoms with Crippen molar-refractivity contribution in [1.82, 2.24) is 0 Å². The van der Waals surface area contributed by atoms with Crippen LogP contribution in [0.1, 0.15) is 367 Å². The van der Waals surface area contributed by atoms with Gasteiger partial charge in [-0.05, 0) is 70.6 Å². The zero-order valence-corrected chi connectivity index (χ0v) is 49.4. The molecule has 1 atom stereocenters. The number of aliphatic hydroxyl groups excluding tert-OH is 1. The van der Waals surface area contributed by atoms with E-state index in [1.165, 1.54) is 295 Å². The molecule has 0 aliphatic heterocycles. The summed E-state index contributed by atoms with van der Waals surface area (Å²) in [5, 5.41) is 9.66. The Hall–Kier alpha value is -1.88. The molecule has 0 saturated carbocycles. The molecule has 0 aliphatic rings. The molecule has 0 saturated heterocycles. The van der Waals surface area contributed by atoms with E-state index in [9.17, 15) is 14.7 Å². The number of rotatable bonds is 62. The van der Waals surface area contributed by atoms with Crippen LogP contribution in [0, 0.1) is 0 Å². The van der Waals surface area contributed by atoms with Crippen molar-refractivity contribution in [2.75, 3.05) is 13.2 Å². The number of carbonyl (C=O) groups is 2. The van der Waals surface area contributed by atoms with E-state index in [-0.39, 0.29) is 25.2 Å². The van der Waals surface area contributed by atoms with Gasteiger partial charge in [-0.15, -0.1) is 0 Å². The first-order valence-electron chi connectivity index (χ1n) is 33.0. The number of ether oxygens (including phenoxy) is 2. The minimum atomic E-state index is -0.771. The van der Waals surface area contributed by atoms with Crippen molar-refractivity contribution >= 4 is 11.9 Å². The molecular formula is C68H128O5. The molecule has 0 aliphatic carbocycles. The van der Waals surface area contributed by atoms with Crippen LogP contribution < -0.4 is 0 Å². The fraction of sp³-hybridized carbons (Fsp3) is 0.882. The lowest BCUT2D eigenvalue weighted by atomic mass is 10.0. The van der Waals surface area contributed by atoms with Crippen LogP contribution in [0.3, 0.4) is 0 Å². The highest BCUT2D eigenvalue weighted by Gasteiger charge is 2.16. The van der Waals surface area contributed by atoms with Crippen molar-refractivity contribution in [3.05, 3.63) is 36.5 Å². The molecule has 430 valence electrons. The van der Waals surface area contributed by atoms with Gasteiger partial charge in [0.05, 0.1) is 6.61 Å². The third kappa shape index (κ3) is 62.6. The molecule has 5 nitrogen and oxygen atoms in total. The van der Waals surface area contributed by atoms with Crippen molar-refractivity contribution < 1.29 is 24.2 Å². The Kier molecular flexibility index (Phi) is 62.7. The number of allylic oxidation sites excluding steroid dienone is 6. The summed E-state index contributed by atoms with van der Waals surface area (Å²) in [7, 11) is 0. The van der Waals surface area contributed by atoms with E-state index < -0.39 is 6.10 Å². The van der Waals surface area contributed by atoms with Gasteiger partial charge >= 0.3 is 11.9 Å². The molecule has 0 amide bonds. The maximum atomic E-state index is 12.3. The van der Waals surface area contributed by atoms with Crippen LogP contribution in [0.25, 0.3) is 0 Å². The zero-order chi connectivity index (χ0) is 52.7. The quantitative estimate of drug-likeness (QED) is 0.0373. The van der Waals surface area contributed by atoms with E-state index in [0.29, 0.717) is 12.8 Å². The highest BCUT2D eigenvalue weighted by Crippen LogP contribution is 2.18. The average molecular weight is 1030 g/mol. The van der Waals surface area contributed by atoms with Crippen LogP contribution in [-0.4, -0.2) is 36.4 Å². The minimum absolute atomic E-state index is 0.0626. The summed E-state index contributed by atoms with van der Waals surface area (Å²) in [4.78, 5) is 24.5. The summed E-state index contributed by atoms with van der Waals surface area (Å²) in [6.45, 7) is 4.17. The lowest BCUT2D eigenvalue weighted by Gasteiger charge is -2.15. The number of aliphatic hydroxyl groups is 1. The number of hydrogen-bond acceptors (Lipinski definition) is 5. The van der Waals surface area contributed by atoms with Crippen LogP contribution in [-0.2, 0) is 19.1 Å². The molecule has 0 rings (SSSR count). The lowest BCUT2D eigenvalue weighted by Crippen LogP contribution is -2.28. The summed E-state index contributed by atoms with van der Waals surface area (Å²) in [5.74, 6) is -0.576. The Balaban J connectivity index is 3.36. The second-order valence-corrected chi connectivity index (χ2v) is 22.5. The Morgan fingerprint density at radius 3 is 0.822 bits per heavy atom. The topological polar surface area (TPSA) is 72.8 Å². The molecule has 0 bridgehead atoms. The van der Waals surface area contributed by atoms with Crippen molar-refractivity contribution in [2.45, 2.75) is 373 Å². The fourth-order valence-corrected chi connectivity index (χ4v) is 10.2. The smallest absolute Gasteiger partial charge is 0.306 e. The summed E-state index contributed by atoms with van der Waals surface area (Å²) in [5.41, 5.74) is 0. The monoisotopic (exact) mass is 1020 g/mol. The number of unbranched alkanes of at least 4 members (excludes halogenated alkanes) is 48. The van der Waals surface area contributed by atoms with E-state index in [1.54, 1.807) is 0 Å². The third-order valence-corrected chi connectivity index (χ3v) is 15.2. The maximum Gasteiger partial charge on any atom is 0.306 e. The van der Waals surface area contributed by atoms with Gasteiger partial charge in [0.1, 0.15) is 6.61 Å². The highest BCUT2D eigenvalue weighted by molar-refractivity contribution is 5.70. The van der Waals surface area contributed by atoms with Gasteiger partial charge in [-0.3, -0.25) is 9.59 Å². The van der Waals surface area contributed by atoms with E-state index in [4.69, 9.17) is 9.47 Å². The van der Waals surface area contributed by atoms with Gasteiger partial charge in [0, 0.05) is 12.8 Å². The highest BCUT2D eigenvalue weighted by atomic mass is 16.6. The lowest BCUT2D eigenvalue weighted by molar-refractivity contribution is -0.161. The van der Waals surface area contributed by atoms with E-state index in [2.05, 4.69) is 50.3 Å². The van der Waals surface area contributed by atoms with Crippen molar-refractivity contribution in [3.63, 3.8) is 0 Å². The van der Waals surface area contributed by atoms with Gasteiger partial charge in [-0.25, -0.2) is 0 Å². The first-order valence-corrected chi connectivity index (χ1v) is 33.0. The molecule has 1 N–H and O–H groups in total. The van der Waals surface area contributed by atoms with Crippen LogP contribution in [0.2, 0.25) is 0 Å². The first-order chi connectivity index (χ1) is 36.1. The van der Waals surface area contributed by atoms with E-state index in [1.807, 2.05) is 0 Å². The first kappa shape index (κ1) is 71.1. The van der Waals surface area contributed by atoms with Crippen LogP contribution >= 0.6 is 0 Å². The molecule has 0 spiro atoms. The van der Waals surface area contributed by atoms with E-state index in [0.717, 1.165) is 44.9 Å². The molecular weight excluding hydrogens is 897 g/mol. The SMILES string of the molecule is CCCCCCC/C=C\C/C=C\CCCCCCCCCCCCCCCCCCCCCCCCCCCCCCCC(=O)OC(CO)COC(=O)CCCCCCCCC/C=C\CCCCCCCCC. The van der Waals surface area contributed by atoms with Crippen LogP contribution in [0.4, 0.5) is 0 Å². The van der Waals surface area contributed by atoms with Gasteiger partial charge in [0.2, 0.25) is 0 Å². The second-order valence-electron chi connectivity index (χ2n) is 22.5. The standard InChI is InChI=1S/C68H128O5/c1-3-5-7-9-11-13-15-17-19-21-23-24-25-26-27-28-29-30-31-32-33-34-35-36-37-38-39-40-41-42-43-44-45-47-49-51-53-55-57-59-61-63-68(71)73-66(64-69)65-72-67(70)62-60-58-56-54-52-50-48-46-22-20-18-16-14-12-10-8-6-4-2/h15,17,20-23,66,69H,3-14,16,18-19,24-65H2,1-2H3/b17-15-,22-20-,23-21-. The van der Waals surface area contributed by atoms with Gasteiger partial charge in [-0.2, -0.15) is 0 Å². The number of hydrogen-bond donors (Lipinski definition) is 1. The molecule has 0 aromatic rings. The molecule has 0 heterocycles. The van der Waals surface area contributed by atoms with Gasteiger partial charge in [0.15, 0.2) is 6.10 Å². The molecule has 0 fully saturated rings. The number of esters is 2. The predicted octanol–water partition coefficient (Wildman–Crippen LogP) is 22.6. The minimum Gasteiger partial charge on any atom is -0.462 e. The third-order valence-electron chi connectivity index (χ3n) is 15.2. The molecule has 0 aromatic carbocycles. The summed E-state index contributed by atoms with van der Waals surface area (Å²) < 4.78 is 10.7. The Morgan fingerprint density at radius 2 is 0.548 bits per heavy atom. The van der Waals surface area contributed by atoms with Gasteiger partial charge < -0.3 is 14.6 Å². The fourth-order valence-electron chi connectivity index (χ4n) is 10.2. The molecule has 1 unspecified atom stereocenters. The summed E-state index contributed by atoms with van der Waals surface area (Å²) >= 11 is 0. The van der Waals surface area contributed by atoms with Gasteiger partial charge in [0.25, 0.3) is 0 Å². The summed E-state index contributed by atoms with van der Waals surface area (Å²) in [6.07, 6.45) is 84.6. The second kappa shape index (κ2) is 64.4. The normalized spacial score (nSPS) is 12.3. The Labute approximate surface area is 456 Å². The van der Waals surface area contributed by atoms with Crippen molar-refractivity contribution in [3.8, 4) is 0 Å². The zero-order valence-electron chi connectivity index (χ0n) is 49.4. The largest absolute Gasteiger partial charge is 0.462 e. The van der Waals surface area contributed by atoms with Crippen molar-refractivity contribution in [1.29, 1.82) is 0 Å². The van der Waals surface area contributed by atoms with Crippen LogP contribution in [0.5, 0.6) is 0 Å². The average Bonchev–Trinajstić information content (AvgIpc) is 3.39.